The van der Waals surface area contributed by atoms with Crippen LogP contribution in [-0.4, -0.2) is 29.0 Å². The SMILES string of the molecule is CCN(CC)C(=O)c1ccccc1NC(=S)Nc1ccccc1. The summed E-state index contributed by atoms with van der Waals surface area (Å²) in [5, 5.41) is 6.68. The number of benzene rings is 2. The van der Waals surface area contributed by atoms with E-state index in [0.717, 1.165) is 5.69 Å². The maximum absolute atomic E-state index is 12.6. The molecule has 0 spiro atoms. The molecule has 0 atom stereocenters. The van der Waals surface area contributed by atoms with Crippen LogP contribution in [0.4, 0.5) is 11.4 Å². The smallest absolute Gasteiger partial charge is 0.255 e. The number of nitrogens with zero attached hydrogens (tertiary/aromatic N) is 1. The van der Waals surface area contributed by atoms with Crippen molar-refractivity contribution in [3.8, 4) is 0 Å². The lowest BCUT2D eigenvalue weighted by atomic mass is 10.1. The summed E-state index contributed by atoms with van der Waals surface area (Å²) in [6, 6.07) is 17.1. The summed E-state index contributed by atoms with van der Waals surface area (Å²) in [6.45, 7) is 5.30. The first-order chi connectivity index (χ1) is 11.2. The molecule has 0 heterocycles. The average molecular weight is 327 g/mol. The Morgan fingerprint density at radius 1 is 0.957 bits per heavy atom. The number of hydrogen-bond donors (Lipinski definition) is 2. The van der Waals surface area contributed by atoms with Crippen LogP contribution < -0.4 is 10.6 Å². The Morgan fingerprint density at radius 3 is 2.22 bits per heavy atom. The number of carbonyl (C=O) groups is 1. The van der Waals surface area contributed by atoms with E-state index in [1.807, 2.05) is 68.4 Å². The Hall–Kier alpha value is -2.40. The van der Waals surface area contributed by atoms with Crippen LogP contribution in [0.3, 0.4) is 0 Å². The van der Waals surface area contributed by atoms with Crippen molar-refractivity contribution < 1.29 is 4.79 Å². The second-order valence-electron chi connectivity index (χ2n) is 4.97. The van der Waals surface area contributed by atoms with Crippen molar-refractivity contribution >= 4 is 34.6 Å². The van der Waals surface area contributed by atoms with Crippen LogP contribution in [0.25, 0.3) is 0 Å². The summed E-state index contributed by atoms with van der Waals surface area (Å²) < 4.78 is 0. The second kappa shape index (κ2) is 8.29. The molecule has 4 nitrogen and oxygen atoms in total. The molecule has 5 heteroatoms. The third-order valence-electron chi connectivity index (χ3n) is 3.49. The lowest BCUT2D eigenvalue weighted by Crippen LogP contribution is -2.31. The lowest BCUT2D eigenvalue weighted by molar-refractivity contribution is 0.0774. The van der Waals surface area contributed by atoms with Crippen molar-refractivity contribution in [1.82, 2.24) is 4.90 Å². The minimum atomic E-state index is 0.000566. The van der Waals surface area contributed by atoms with E-state index in [1.165, 1.54) is 0 Å². The van der Waals surface area contributed by atoms with Crippen LogP contribution >= 0.6 is 12.2 Å². The molecule has 2 aromatic rings. The monoisotopic (exact) mass is 327 g/mol. The van der Waals surface area contributed by atoms with Crippen molar-refractivity contribution in [3.63, 3.8) is 0 Å². The maximum Gasteiger partial charge on any atom is 0.255 e. The van der Waals surface area contributed by atoms with Gasteiger partial charge in [-0.15, -0.1) is 0 Å². The van der Waals surface area contributed by atoms with Crippen molar-refractivity contribution in [2.75, 3.05) is 23.7 Å². The minimum absolute atomic E-state index is 0.000566. The number of nitrogens with one attached hydrogen (secondary N) is 2. The van der Waals surface area contributed by atoms with E-state index >= 15 is 0 Å². The fourth-order valence-corrected chi connectivity index (χ4v) is 2.49. The highest BCUT2D eigenvalue weighted by Gasteiger charge is 2.16. The molecule has 120 valence electrons. The van der Waals surface area contributed by atoms with E-state index in [9.17, 15) is 4.79 Å². The number of anilines is 2. The molecule has 0 bridgehead atoms. The molecule has 2 N–H and O–H groups in total. The quantitative estimate of drug-likeness (QED) is 0.816. The van der Waals surface area contributed by atoms with Crippen LogP contribution in [0.5, 0.6) is 0 Å². The number of carbonyl (C=O) groups excluding carboxylic acids is 1. The Balaban J connectivity index is 2.14. The minimum Gasteiger partial charge on any atom is -0.339 e. The van der Waals surface area contributed by atoms with E-state index in [0.29, 0.717) is 29.5 Å². The summed E-state index contributed by atoms with van der Waals surface area (Å²) in [4.78, 5) is 14.4. The molecule has 0 aliphatic rings. The number of thiocarbonyl (C=S) groups is 1. The predicted octanol–water partition coefficient (Wildman–Crippen LogP) is 3.98. The van der Waals surface area contributed by atoms with Gasteiger partial charge in [-0.2, -0.15) is 0 Å². The molecule has 1 amide bonds. The third-order valence-corrected chi connectivity index (χ3v) is 3.69. The van der Waals surface area contributed by atoms with Gasteiger partial charge in [-0.3, -0.25) is 4.79 Å². The molecule has 0 saturated heterocycles. The summed E-state index contributed by atoms with van der Waals surface area (Å²) >= 11 is 5.34. The van der Waals surface area contributed by atoms with Gasteiger partial charge < -0.3 is 15.5 Å². The Kier molecular flexibility index (Phi) is 6.11. The van der Waals surface area contributed by atoms with Gasteiger partial charge in [0.1, 0.15) is 0 Å². The first kappa shape index (κ1) is 17.0. The first-order valence-electron chi connectivity index (χ1n) is 7.67. The van der Waals surface area contributed by atoms with Gasteiger partial charge in [0.25, 0.3) is 5.91 Å². The molecule has 0 aromatic heterocycles. The van der Waals surface area contributed by atoms with Crippen LogP contribution in [-0.2, 0) is 0 Å². The molecular formula is C18H21N3OS. The molecule has 0 saturated carbocycles. The zero-order chi connectivity index (χ0) is 16.7. The van der Waals surface area contributed by atoms with Gasteiger partial charge in [-0.05, 0) is 50.3 Å². The maximum atomic E-state index is 12.6. The van der Waals surface area contributed by atoms with Crippen LogP contribution in [0, 0.1) is 0 Å². The number of para-hydroxylation sites is 2. The lowest BCUT2D eigenvalue weighted by Gasteiger charge is -2.21. The van der Waals surface area contributed by atoms with Crippen molar-refractivity contribution in [3.05, 3.63) is 60.2 Å². The molecule has 0 aliphatic heterocycles. The Labute approximate surface area is 142 Å². The van der Waals surface area contributed by atoms with E-state index in [-0.39, 0.29) is 5.91 Å². The van der Waals surface area contributed by atoms with Gasteiger partial charge in [0.2, 0.25) is 0 Å². The fraction of sp³-hybridized carbons (Fsp3) is 0.222. The van der Waals surface area contributed by atoms with Gasteiger partial charge in [0, 0.05) is 18.8 Å². The normalized spacial score (nSPS) is 10.0. The van der Waals surface area contributed by atoms with Gasteiger partial charge in [-0.25, -0.2) is 0 Å². The molecular weight excluding hydrogens is 306 g/mol. The van der Waals surface area contributed by atoms with Crippen LogP contribution in [0.2, 0.25) is 0 Å². The van der Waals surface area contributed by atoms with Gasteiger partial charge in [0.15, 0.2) is 5.11 Å². The van der Waals surface area contributed by atoms with Crippen molar-refractivity contribution in [2.24, 2.45) is 0 Å². The van der Waals surface area contributed by atoms with Gasteiger partial charge in [0.05, 0.1) is 11.3 Å². The average Bonchev–Trinajstić information content (AvgIpc) is 2.57. The largest absolute Gasteiger partial charge is 0.339 e. The van der Waals surface area contributed by atoms with E-state index < -0.39 is 0 Å². The van der Waals surface area contributed by atoms with E-state index in [4.69, 9.17) is 12.2 Å². The number of hydrogen-bond acceptors (Lipinski definition) is 2. The van der Waals surface area contributed by atoms with Crippen molar-refractivity contribution in [2.45, 2.75) is 13.8 Å². The Bertz CT molecular complexity index is 669. The second-order valence-corrected chi connectivity index (χ2v) is 5.38. The summed E-state index contributed by atoms with van der Waals surface area (Å²) in [6.07, 6.45) is 0. The molecule has 0 radical (unpaired) electrons. The highest BCUT2D eigenvalue weighted by Crippen LogP contribution is 2.18. The zero-order valence-electron chi connectivity index (χ0n) is 13.4. The molecule has 0 fully saturated rings. The number of rotatable bonds is 5. The molecule has 0 aliphatic carbocycles. The zero-order valence-corrected chi connectivity index (χ0v) is 14.2. The topological polar surface area (TPSA) is 44.4 Å². The molecule has 2 aromatic carbocycles. The predicted molar refractivity (Wildman–Crippen MR) is 100.0 cm³/mol. The van der Waals surface area contributed by atoms with Gasteiger partial charge in [-0.1, -0.05) is 30.3 Å². The summed E-state index contributed by atoms with van der Waals surface area (Å²) in [5.74, 6) is 0.000566. The summed E-state index contributed by atoms with van der Waals surface area (Å²) in [5.41, 5.74) is 2.23. The fourth-order valence-electron chi connectivity index (χ4n) is 2.27. The van der Waals surface area contributed by atoms with Crippen molar-refractivity contribution in [1.29, 1.82) is 0 Å². The number of amides is 1. The molecule has 2 rings (SSSR count). The van der Waals surface area contributed by atoms with Gasteiger partial charge >= 0.3 is 0 Å². The van der Waals surface area contributed by atoms with E-state index in [1.54, 1.807) is 4.90 Å². The highest BCUT2D eigenvalue weighted by atomic mass is 32.1. The first-order valence-corrected chi connectivity index (χ1v) is 8.07. The molecule has 0 unspecified atom stereocenters. The standard InChI is InChI=1S/C18H21N3OS/c1-3-21(4-2)17(22)15-12-8-9-13-16(15)20-18(23)19-14-10-6-5-7-11-14/h5-13H,3-4H2,1-2H3,(H2,19,20,23). The third kappa shape index (κ3) is 4.53. The van der Waals surface area contributed by atoms with Crippen LogP contribution in [0.1, 0.15) is 24.2 Å². The Morgan fingerprint density at radius 2 is 1.57 bits per heavy atom. The molecule has 23 heavy (non-hydrogen) atoms. The van der Waals surface area contributed by atoms with Crippen LogP contribution in [0.15, 0.2) is 54.6 Å². The van der Waals surface area contributed by atoms with E-state index in [2.05, 4.69) is 10.6 Å². The highest BCUT2D eigenvalue weighted by molar-refractivity contribution is 7.80. The summed E-state index contributed by atoms with van der Waals surface area (Å²) in [7, 11) is 0.